The van der Waals surface area contributed by atoms with Crippen molar-refractivity contribution in [1.29, 1.82) is 0 Å². The second kappa shape index (κ2) is 7.01. The van der Waals surface area contributed by atoms with Gasteiger partial charge < -0.3 is 10.2 Å². The lowest BCUT2D eigenvalue weighted by Crippen LogP contribution is -2.39. The third-order valence-corrected chi connectivity index (χ3v) is 2.94. The zero-order valence-electron chi connectivity index (χ0n) is 11.0. The molecule has 0 saturated heterocycles. The molecule has 100 valence electrons. The molecule has 0 bridgehead atoms. The fourth-order valence-electron chi connectivity index (χ4n) is 2.02. The smallest absolute Gasteiger partial charge is 0.317 e. The van der Waals surface area contributed by atoms with Gasteiger partial charge in [-0.05, 0) is 44.0 Å². The lowest BCUT2D eigenvalue weighted by atomic mass is 10.1. The summed E-state index contributed by atoms with van der Waals surface area (Å²) in [6.07, 6.45) is 1.72. The minimum atomic E-state index is -0.791. The number of aliphatic carboxylic acids is 1. The standard InChI is InChI=1S/C14H21NO3/c1-3-8-15(10-14(17)18)11(2)9-12-4-6-13(16)7-5-12/h4-7,11,16H,3,8-10H2,1-2H3,(H,17,18). The summed E-state index contributed by atoms with van der Waals surface area (Å²) in [5.41, 5.74) is 1.10. The zero-order valence-corrected chi connectivity index (χ0v) is 11.0. The maximum absolute atomic E-state index is 10.8. The van der Waals surface area contributed by atoms with E-state index in [1.54, 1.807) is 12.1 Å². The Bertz CT molecular complexity index is 375. The molecule has 0 aromatic heterocycles. The molecule has 1 aromatic rings. The number of rotatable bonds is 7. The molecule has 4 heteroatoms. The number of phenols is 1. The van der Waals surface area contributed by atoms with Crippen LogP contribution in [0.1, 0.15) is 25.8 Å². The van der Waals surface area contributed by atoms with Crippen LogP contribution < -0.4 is 0 Å². The van der Waals surface area contributed by atoms with E-state index in [2.05, 4.69) is 0 Å². The first kappa shape index (κ1) is 14.5. The van der Waals surface area contributed by atoms with Crippen LogP contribution in [-0.2, 0) is 11.2 Å². The van der Waals surface area contributed by atoms with Gasteiger partial charge >= 0.3 is 5.97 Å². The molecule has 0 fully saturated rings. The Labute approximate surface area is 108 Å². The van der Waals surface area contributed by atoms with Gasteiger partial charge in [-0.25, -0.2) is 0 Å². The van der Waals surface area contributed by atoms with E-state index in [0.717, 1.165) is 24.9 Å². The van der Waals surface area contributed by atoms with Gasteiger partial charge in [0.2, 0.25) is 0 Å². The second-order valence-electron chi connectivity index (χ2n) is 4.58. The molecule has 0 aliphatic rings. The second-order valence-corrected chi connectivity index (χ2v) is 4.58. The SMILES string of the molecule is CCCN(CC(=O)O)C(C)Cc1ccc(O)cc1. The number of aromatic hydroxyl groups is 1. The number of phenolic OH excluding ortho intramolecular Hbond substituents is 1. The van der Waals surface area contributed by atoms with Crippen LogP contribution in [0.3, 0.4) is 0 Å². The number of carboxylic acid groups (broad SMARTS) is 1. The van der Waals surface area contributed by atoms with Crippen molar-refractivity contribution in [3.63, 3.8) is 0 Å². The van der Waals surface area contributed by atoms with E-state index in [4.69, 9.17) is 5.11 Å². The largest absolute Gasteiger partial charge is 0.508 e. The number of carbonyl (C=O) groups is 1. The number of hydrogen-bond donors (Lipinski definition) is 2. The third kappa shape index (κ3) is 4.75. The van der Waals surface area contributed by atoms with Crippen LogP contribution in [-0.4, -0.2) is 40.2 Å². The third-order valence-electron chi connectivity index (χ3n) is 2.94. The normalized spacial score (nSPS) is 12.6. The Balaban J connectivity index is 2.62. The fraction of sp³-hybridized carbons (Fsp3) is 0.500. The average molecular weight is 251 g/mol. The summed E-state index contributed by atoms with van der Waals surface area (Å²) in [5.74, 6) is -0.539. The average Bonchev–Trinajstić information content (AvgIpc) is 2.31. The van der Waals surface area contributed by atoms with Gasteiger partial charge in [-0.1, -0.05) is 19.1 Å². The molecule has 0 spiro atoms. The van der Waals surface area contributed by atoms with Crippen molar-refractivity contribution in [3.8, 4) is 5.75 Å². The lowest BCUT2D eigenvalue weighted by Gasteiger charge is -2.27. The van der Waals surface area contributed by atoms with E-state index < -0.39 is 5.97 Å². The fourth-order valence-corrected chi connectivity index (χ4v) is 2.02. The van der Waals surface area contributed by atoms with Gasteiger partial charge in [0.15, 0.2) is 0 Å². The molecule has 0 radical (unpaired) electrons. The van der Waals surface area contributed by atoms with Crippen molar-refractivity contribution in [2.75, 3.05) is 13.1 Å². The monoisotopic (exact) mass is 251 g/mol. The molecular formula is C14H21NO3. The summed E-state index contributed by atoms with van der Waals surface area (Å²) in [6.45, 7) is 4.94. The minimum Gasteiger partial charge on any atom is -0.508 e. The van der Waals surface area contributed by atoms with Crippen LogP contribution in [0, 0.1) is 0 Å². The summed E-state index contributed by atoms with van der Waals surface area (Å²) < 4.78 is 0. The van der Waals surface area contributed by atoms with Crippen LogP contribution in [0.5, 0.6) is 5.75 Å². The molecule has 18 heavy (non-hydrogen) atoms. The molecule has 0 heterocycles. The Kier molecular flexibility index (Phi) is 5.65. The van der Waals surface area contributed by atoms with Gasteiger partial charge in [0, 0.05) is 6.04 Å². The van der Waals surface area contributed by atoms with E-state index in [1.807, 2.05) is 30.9 Å². The molecule has 1 rings (SSSR count). The number of nitrogens with zero attached hydrogens (tertiary/aromatic N) is 1. The van der Waals surface area contributed by atoms with Crippen molar-refractivity contribution in [2.24, 2.45) is 0 Å². The highest BCUT2D eigenvalue weighted by Crippen LogP contribution is 2.13. The summed E-state index contributed by atoms with van der Waals surface area (Å²) in [6, 6.07) is 7.23. The highest BCUT2D eigenvalue weighted by molar-refractivity contribution is 5.69. The van der Waals surface area contributed by atoms with Crippen LogP contribution in [0.25, 0.3) is 0 Å². The lowest BCUT2D eigenvalue weighted by molar-refractivity contribution is -0.138. The van der Waals surface area contributed by atoms with Crippen LogP contribution in [0.15, 0.2) is 24.3 Å². The van der Waals surface area contributed by atoms with Gasteiger partial charge in [-0.15, -0.1) is 0 Å². The molecule has 1 unspecified atom stereocenters. The maximum atomic E-state index is 10.8. The van der Waals surface area contributed by atoms with Crippen molar-refractivity contribution in [1.82, 2.24) is 4.90 Å². The van der Waals surface area contributed by atoms with Crippen LogP contribution in [0.2, 0.25) is 0 Å². The molecule has 4 nitrogen and oxygen atoms in total. The van der Waals surface area contributed by atoms with Crippen molar-refractivity contribution < 1.29 is 15.0 Å². The highest BCUT2D eigenvalue weighted by Gasteiger charge is 2.16. The van der Waals surface area contributed by atoms with Gasteiger partial charge in [0.1, 0.15) is 5.75 Å². The Hall–Kier alpha value is -1.55. The highest BCUT2D eigenvalue weighted by atomic mass is 16.4. The topological polar surface area (TPSA) is 60.8 Å². The van der Waals surface area contributed by atoms with Gasteiger partial charge in [0.05, 0.1) is 6.54 Å². The molecule has 1 aromatic carbocycles. The number of carboxylic acids is 1. The first-order valence-corrected chi connectivity index (χ1v) is 6.26. The van der Waals surface area contributed by atoms with Crippen molar-refractivity contribution in [2.45, 2.75) is 32.7 Å². The van der Waals surface area contributed by atoms with Gasteiger partial charge in [-0.2, -0.15) is 0 Å². The molecule has 0 aliphatic carbocycles. The molecule has 0 aliphatic heterocycles. The molecular weight excluding hydrogens is 230 g/mol. The molecule has 0 amide bonds. The number of benzene rings is 1. The van der Waals surface area contributed by atoms with Gasteiger partial charge in [-0.3, -0.25) is 9.69 Å². The predicted octanol–water partition coefficient (Wildman–Crippen LogP) is 2.12. The van der Waals surface area contributed by atoms with Crippen molar-refractivity contribution in [3.05, 3.63) is 29.8 Å². The summed E-state index contributed by atoms with van der Waals surface area (Å²) in [5, 5.41) is 18.1. The molecule has 2 N–H and O–H groups in total. The van der Waals surface area contributed by atoms with E-state index in [1.165, 1.54) is 0 Å². The van der Waals surface area contributed by atoms with Crippen LogP contribution >= 0.6 is 0 Å². The predicted molar refractivity (Wildman–Crippen MR) is 70.8 cm³/mol. The van der Waals surface area contributed by atoms with E-state index in [0.29, 0.717) is 0 Å². The quantitative estimate of drug-likeness (QED) is 0.779. The van der Waals surface area contributed by atoms with Crippen molar-refractivity contribution >= 4 is 5.97 Å². The molecule has 0 saturated carbocycles. The van der Waals surface area contributed by atoms with E-state index in [-0.39, 0.29) is 18.3 Å². The van der Waals surface area contributed by atoms with E-state index >= 15 is 0 Å². The van der Waals surface area contributed by atoms with E-state index in [9.17, 15) is 9.90 Å². The first-order chi connectivity index (χ1) is 8.52. The Morgan fingerprint density at radius 1 is 1.33 bits per heavy atom. The maximum Gasteiger partial charge on any atom is 0.317 e. The summed E-state index contributed by atoms with van der Waals surface area (Å²) in [7, 11) is 0. The minimum absolute atomic E-state index is 0.0765. The summed E-state index contributed by atoms with van der Waals surface area (Å²) >= 11 is 0. The Morgan fingerprint density at radius 3 is 2.44 bits per heavy atom. The zero-order chi connectivity index (χ0) is 13.5. The first-order valence-electron chi connectivity index (χ1n) is 6.26. The Morgan fingerprint density at radius 2 is 1.94 bits per heavy atom. The molecule has 1 atom stereocenters. The summed E-state index contributed by atoms with van der Waals surface area (Å²) in [4.78, 5) is 12.8. The number of hydrogen-bond acceptors (Lipinski definition) is 3. The van der Waals surface area contributed by atoms with Gasteiger partial charge in [0.25, 0.3) is 0 Å². The van der Waals surface area contributed by atoms with Crippen LogP contribution in [0.4, 0.5) is 0 Å².